The summed E-state index contributed by atoms with van der Waals surface area (Å²) in [6, 6.07) is 0. The Kier molecular flexibility index (Phi) is 7.97. The third-order valence-corrected chi connectivity index (χ3v) is 1.21. The zero-order chi connectivity index (χ0) is 7.66. The number of unbranched alkanes of at least 4 members (excludes halogenated alkanes) is 1. The van der Waals surface area contributed by atoms with E-state index in [2.05, 4.69) is 25.2 Å². The number of allylic oxidation sites excluding steroid dienone is 3. The molecule has 10 heavy (non-hydrogen) atoms. The molecule has 0 aromatic heterocycles. The lowest BCUT2D eigenvalue weighted by molar-refractivity contribution is 1.03. The highest BCUT2D eigenvalue weighted by Gasteiger charge is 1.74. The van der Waals surface area contributed by atoms with Gasteiger partial charge in [0.25, 0.3) is 0 Å². The van der Waals surface area contributed by atoms with Crippen LogP contribution in [0.3, 0.4) is 0 Å². The van der Waals surface area contributed by atoms with Crippen LogP contribution in [0.5, 0.6) is 0 Å². The van der Waals surface area contributed by atoms with Crippen molar-refractivity contribution >= 4 is 0 Å². The quantitative estimate of drug-likeness (QED) is 0.459. The average Bonchev–Trinajstić information content (AvgIpc) is 1.97. The monoisotopic (exact) mass is 139 g/mol. The summed E-state index contributed by atoms with van der Waals surface area (Å²) in [5.74, 6) is 0. The van der Waals surface area contributed by atoms with Crippen LogP contribution in [-0.4, -0.2) is 6.54 Å². The van der Waals surface area contributed by atoms with Gasteiger partial charge in [0.05, 0.1) is 0 Å². The molecule has 0 rings (SSSR count). The molecule has 0 bridgehead atoms. The number of hydrogen-bond acceptors (Lipinski definition) is 1. The van der Waals surface area contributed by atoms with Crippen LogP contribution in [0.4, 0.5) is 0 Å². The van der Waals surface area contributed by atoms with Crippen LogP contribution in [0.15, 0.2) is 24.3 Å². The van der Waals surface area contributed by atoms with E-state index in [-0.39, 0.29) is 0 Å². The highest BCUT2D eigenvalue weighted by atomic mass is 14.5. The fourth-order valence-electron chi connectivity index (χ4n) is 0.691. The van der Waals surface area contributed by atoms with E-state index in [1.165, 1.54) is 0 Å². The van der Waals surface area contributed by atoms with Gasteiger partial charge in [0.1, 0.15) is 0 Å². The third kappa shape index (κ3) is 7.44. The second-order valence-electron chi connectivity index (χ2n) is 2.16. The van der Waals surface area contributed by atoms with Crippen LogP contribution >= 0.6 is 0 Å². The first-order chi connectivity index (χ1) is 4.91. The van der Waals surface area contributed by atoms with Gasteiger partial charge in [-0.1, -0.05) is 31.2 Å². The summed E-state index contributed by atoms with van der Waals surface area (Å²) in [6.07, 6.45) is 11.9. The third-order valence-electron chi connectivity index (χ3n) is 1.21. The summed E-state index contributed by atoms with van der Waals surface area (Å²) >= 11 is 0. The second-order valence-corrected chi connectivity index (χ2v) is 2.16. The topological polar surface area (TPSA) is 26.0 Å². The molecule has 1 heteroatoms. The van der Waals surface area contributed by atoms with Gasteiger partial charge in [-0.25, -0.2) is 0 Å². The van der Waals surface area contributed by atoms with E-state index in [0.29, 0.717) is 6.54 Å². The molecule has 0 atom stereocenters. The first-order valence-corrected chi connectivity index (χ1v) is 3.92. The Morgan fingerprint density at radius 3 is 2.10 bits per heavy atom. The predicted molar refractivity (Wildman–Crippen MR) is 46.9 cm³/mol. The van der Waals surface area contributed by atoms with Crippen LogP contribution in [0.2, 0.25) is 0 Å². The second kappa shape index (κ2) is 8.44. The summed E-state index contributed by atoms with van der Waals surface area (Å²) in [4.78, 5) is 0. The van der Waals surface area contributed by atoms with Gasteiger partial charge in [-0.3, -0.25) is 0 Å². The van der Waals surface area contributed by atoms with E-state index in [0.717, 1.165) is 19.3 Å². The van der Waals surface area contributed by atoms with Crippen molar-refractivity contribution in [3.05, 3.63) is 24.3 Å². The molecule has 0 saturated heterocycles. The summed E-state index contributed by atoms with van der Waals surface area (Å²) in [6.45, 7) is 2.81. The molecule has 2 N–H and O–H groups in total. The molecule has 0 saturated carbocycles. The number of nitrogens with two attached hydrogens (primary N) is 1. The normalized spacial score (nSPS) is 11.8. The Morgan fingerprint density at radius 1 is 1.00 bits per heavy atom. The molecule has 0 radical (unpaired) electrons. The minimum absolute atomic E-state index is 0.664. The molecule has 0 aliphatic rings. The van der Waals surface area contributed by atoms with E-state index in [1.54, 1.807) is 0 Å². The van der Waals surface area contributed by atoms with Crippen molar-refractivity contribution in [1.82, 2.24) is 0 Å². The number of rotatable bonds is 5. The van der Waals surface area contributed by atoms with Gasteiger partial charge in [0.2, 0.25) is 0 Å². The van der Waals surface area contributed by atoms with Crippen molar-refractivity contribution in [2.75, 3.05) is 6.54 Å². The van der Waals surface area contributed by atoms with E-state index in [4.69, 9.17) is 5.73 Å². The highest BCUT2D eigenvalue weighted by Crippen LogP contribution is 1.93. The lowest BCUT2D eigenvalue weighted by atomic mass is 10.2. The van der Waals surface area contributed by atoms with E-state index in [1.807, 2.05) is 6.08 Å². The molecule has 0 spiro atoms. The van der Waals surface area contributed by atoms with Crippen molar-refractivity contribution in [2.45, 2.75) is 26.2 Å². The van der Waals surface area contributed by atoms with Crippen molar-refractivity contribution in [1.29, 1.82) is 0 Å². The maximum absolute atomic E-state index is 5.26. The Hall–Kier alpha value is -0.560. The zero-order valence-electron chi connectivity index (χ0n) is 6.72. The van der Waals surface area contributed by atoms with Crippen molar-refractivity contribution < 1.29 is 0 Å². The minimum atomic E-state index is 0.664. The molecular weight excluding hydrogens is 122 g/mol. The van der Waals surface area contributed by atoms with Crippen LogP contribution < -0.4 is 5.73 Å². The molecule has 0 heterocycles. The summed E-state index contributed by atoms with van der Waals surface area (Å²) in [5, 5.41) is 0. The molecule has 0 aromatic rings. The summed E-state index contributed by atoms with van der Waals surface area (Å²) < 4.78 is 0. The van der Waals surface area contributed by atoms with Crippen molar-refractivity contribution in [3.63, 3.8) is 0 Å². The fourth-order valence-corrected chi connectivity index (χ4v) is 0.691. The van der Waals surface area contributed by atoms with E-state index < -0.39 is 0 Å². The molecule has 1 nitrogen and oxygen atoms in total. The van der Waals surface area contributed by atoms with Gasteiger partial charge in [-0.2, -0.15) is 0 Å². The smallest absolute Gasteiger partial charge is 0.0106 e. The Balaban J connectivity index is 3.04. The van der Waals surface area contributed by atoms with Gasteiger partial charge in [-0.05, 0) is 19.3 Å². The Bertz CT molecular complexity index is 89.3. The Morgan fingerprint density at radius 2 is 1.60 bits per heavy atom. The van der Waals surface area contributed by atoms with Gasteiger partial charge in [-0.15, -0.1) is 0 Å². The minimum Gasteiger partial charge on any atom is -0.327 e. The zero-order valence-corrected chi connectivity index (χ0v) is 6.72. The first kappa shape index (κ1) is 9.44. The van der Waals surface area contributed by atoms with Crippen LogP contribution in [0.25, 0.3) is 0 Å². The molecule has 0 amide bonds. The Labute approximate surface area is 63.6 Å². The standard InChI is InChI=1S/C9H17N/c1-2-3-4-5-6-7-8-9-10/h3-4,7-8H,2,5-6,9-10H2,1H3. The molecule has 0 aliphatic carbocycles. The molecule has 0 fully saturated rings. The average molecular weight is 139 g/mol. The number of hydrogen-bond donors (Lipinski definition) is 1. The van der Waals surface area contributed by atoms with Crippen molar-refractivity contribution in [3.8, 4) is 0 Å². The maximum Gasteiger partial charge on any atom is 0.0106 e. The predicted octanol–water partition coefficient (Wildman–Crippen LogP) is 2.25. The lowest BCUT2D eigenvalue weighted by Crippen LogP contribution is -1.91. The molecule has 0 aromatic carbocycles. The van der Waals surface area contributed by atoms with Crippen LogP contribution in [-0.2, 0) is 0 Å². The van der Waals surface area contributed by atoms with E-state index >= 15 is 0 Å². The van der Waals surface area contributed by atoms with Gasteiger partial charge >= 0.3 is 0 Å². The van der Waals surface area contributed by atoms with Gasteiger partial charge < -0.3 is 5.73 Å². The highest BCUT2D eigenvalue weighted by molar-refractivity contribution is 4.87. The van der Waals surface area contributed by atoms with Gasteiger partial charge in [0.15, 0.2) is 0 Å². The molecule has 0 aliphatic heterocycles. The summed E-state index contributed by atoms with van der Waals surface area (Å²) in [7, 11) is 0. The van der Waals surface area contributed by atoms with Crippen molar-refractivity contribution in [2.24, 2.45) is 5.73 Å². The largest absolute Gasteiger partial charge is 0.327 e. The van der Waals surface area contributed by atoms with E-state index in [9.17, 15) is 0 Å². The van der Waals surface area contributed by atoms with Gasteiger partial charge in [0, 0.05) is 6.54 Å². The fraction of sp³-hybridized carbons (Fsp3) is 0.556. The maximum atomic E-state index is 5.26. The van der Waals surface area contributed by atoms with Crippen LogP contribution in [0.1, 0.15) is 26.2 Å². The molecule has 0 unspecified atom stereocenters. The SMILES string of the molecule is CCC=CCCC=CCN. The van der Waals surface area contributed by atoms with Crippen LogP contribution in [0, 0.1) is 0 Å². The lowest BCUT2D eigenvalue weighted by Gasteiger charge is -1.84. The molecular formula is C9H17N. The first-order valence-electron chi connectivity index (χ1n) is 3.92. The molecule has 58 valence electrons. The summed E-state index contributed by atoms with van der Waals surface area (Å²) in [5.41, 5.74) is 5.26.